The number of hydrogen-bond acceptors (Lipinski definition) is 5. The Morgan fingerprint density at radius 2 is 1.77 bits per heavy atom. The van der Waals surface area contributed by atoms with Crippen molar-refractivity contribution in [2.75, 3.05) is 10.6 Å². The van der Waals surface area contributed by atoms with Gasteiger partial charge in [-0.25, -0.2) is 4.68 Å². The van der Waals surface area contributed by atoms with Crippen LogP contribution in [0.15, 0.2) is 95.3 Å². The van der Waals surface area contributed by atoms with Crippen LogP contribution in [0.3, 0.4) is 0 Å². The highest BCUT2D eigenvalue weighted by Gasteiger charge is 2.34. The third-order valence-electron chi connectivity index (χ3n) is 6.04. The van der Waals surface area contributed by atoms with E-state index >= 15 is 0 Å². The molecule has 0 spiro atoms. The van der Waals surface area contributed by atoms with E-state index in [0.717, 1.165) is 28.3 Å². The van der Waals surface area contributed by atoms with Gasteiger partial charge in [0.05, 0.1) is 5.57 Å². The molecule has 2 N–H and O–H groups in total. The maximum Gasteiger partial charge on any atom is 0.255 e. The number of benzene rings is 3. The summed E-state index contributed by atoms with van der Waals surface area (Å²) >= 11 is 1.59. The number of thioether (sulfide) groups is 1. The van der Waals surface area contributed by atoms with E-state index in [1.165, 1.54) is 11.1 Å². The number of allylic oxidation sites excluding steroid dienone is 1. The molecule has 4 aromatic rings. The highest BCUT2D eigenvalue weighted by Crippen LogP contribution is 2.37. The van der Waals surface area contributed by atoms with Crippen LogP contribution in [0.5, 0.6) is 0 Å². The molecule has 6 nitrogen and oxygen atoms in total. The van der Waals surface area contributed by atoms with Crippen molar-refractivity contribution >= 4 is 29.3 Å². The maximum atomic E-state index is 13.6. The quantitative estimate of drug-likeness (QED) is 0.325. The zero-order chi connectivity index (χ0) is 24.4. The summed E-state index contributed by atoms with van der Waals surface area (Å²) in [6.45, 7) is 5.99. The summed E-state index contributed by atoms with van der Waals surface area (Å²) in [5.41, 5.74) is 6.62. The van der Waals surface area contributed by atoms with Crippen molar-refractivity contribution in [3.05, 3.63) is 112 Å². The second-order valence-corrected chi connectivity index (χ2v) is 9.63. The van der Waals surface area contributed by atoms with E-state index in [1.807, 2.05) is 73.1 Å². The first-order valence-electron chi connectivity index (χ1n) is 11.5. The summed E-state index contributed by atoms with van der Waals surface area (Å²) in [4.78, 5) is 18.3. The van der Waals surface area contributed by atoms with Crippen LogP contribution in [0.1, 0.15) is 35.2 Å². The second kappa shape index (κ2) is 9.80. The SMILES string of the molecule is CC1=C(C(=O)Nc2ccccc2C)[C@@H](c2ccccc2)n2nc(SCc3cccc(C)c3)nc2N1. The fourth-order valence-electron chi connectivity index (χ4n) is 4.28. The Hall–Kier alpha value is -3.84. The second-order valence-electron chi connectivity index (χ2n) is 8.69. The molecule has 1 aromatic heterocycles. The van der Waals surface area contributed by atoms with Crippen LogP contribution in [-0.2, 0) is 10.5 Å². The summed E-state index contributed by atoms with van der Waals surface area (Å²) < 4.78 is 1.83. The van der Waals surface area contributed by atoms with Crippen molar-refractivity contribution < 1.29 is 4.79 Å². The number of carbonyl (C=O) groups excluding carboxylic acids is 1. The van der Waals surface area contributed by atoms with E-state index in [1.54, 1.807) is 11.8 Å². The van der Waals surface area contributed by atoms with Gasteiger partial charge in [0.25, 0.3) is 5.91 Å². The molecule has 0 unspecified atom stereocenters. The number of anilines is 2. The first-order valence-corrected chi connectivity index (χ1v) is 12.5. The third-order valence-corrected chi connectivity index (χ3v) is 6.95. The molecule has 176 valence electrons. The molecule has 0 fully saturated rings. The Kier molecular flexibility index (Phi) is 6.42. The summed E-state index contributed by atoms with van der Waals surface area (Å²) in [6, 6.07) is 25.8. The smallest absolute Gasteiger partial charge is 0.255 e. The van der Waals surface area contributed by atoms with Gasteiger partial charge < -0.3 is 10.6 Å². The Labute approximate surface area is 209 Å². The lowest BCUT2D eigenvalue weighted by molar-refractivity contribution is -0.113. The van der Waals surface area contributed by atoms with E-state index in [-0.39, 0.29) is 5.91 Å². The minimum Gasteiger partial charge on any atom is -0.328 e. The van der Waals surface area contributed by atoms with E-state index in [0.29, 0.717) is 16.7 Å². The Balaban J connectivity index is 1.48. The van der Waals surface area contributed by atoms with E-state index in [9.17, 15) is 4.79 Å². The highest BCUT2D eigenvalue weighted by molar-refractivity contribution is 7.98. The molecular weight excluding hydrogens is 454 g/mol. The molecule has 3 aromatic carbocycles. The monoisotopic (exact) mass is 481 g/mol. The zero-order valence-electron chi connectivity index (χ0n) is 19.9. The van der Waals surface area contributed by atoms with Crippen LogP contribution in [0.25, 0.3) is 0 Å². The number of nitrogens with one attached hydrogen (secondary N) is 2. The van der Waals surface area contributed by atoms with Crippen LogP contribution in [0.2, 0.25) is 0 Å². The van der Waals surface area contributed by atoms with Crippen molar-refractivity contribution in [2.24, 2.45) is 0 Å². The fourth-order valence-corrected chi connectivity index (χ4v) is 5.05. The fraction of sp³-hybridized carbons (Fsp3) is 0.179. The van der Waals surface area contributed by atoms with Gasteiger partial charge in [-0.05, 0) is 43.5 Å². The molecular formula is C28H27N5OS. The minimum absolute atomic E-state index is 0.159. The van der Waals surface area contributed by atoms with Gasteiger partial charge in [-0.1, -0.05) is 90.1 Å². The summed E-state index contributed by atoms with van der Waals surface area (Å²) in [7, 11) is 0. The molecule has 0 bridgehead atoms. The Bertz CT molecular complexity index is 1410. The summed E-state index contributed by atoms with van der Waals surface area (Å²) in [6.07, 6.45) is 0. The molecule has 0 aliphatic carbocycles. The van der Waals surface area contributed by atoms with Gasteiger partial charge in [0.15, 0.2) is 0 Å². The van der Waals surface area contributed by atoms with Gasteiger partial charge in [0, 0.05) is 17.1 Å². The Morgan fingerprint density at radius 3 is 2.54 bits per heavy atom. The third kappa shape index (κ3) is 4.86. The van der Waals surface area contributed by atoms with Crippen LogP contribution in [-0.4, -0.2) is 20.7 Å². The first kappa shape index (κ1) is 22.9. The van der Waals surface area contributed by atoms with Crippen molar-refractivity contribution in [1.82, 2.24) is 14.8 Å². The molecule has 1 atom stereocenters. The van der Waals surface area contributed by atoms with Gasteiger partial charge >= 0.3 is 0 Å². The van der Waals surface area contributed by atoms with Crippen LogP contribution < -0.4 is 10.6 Å². The molecule has 0 radical (unpaired) electrons. The predicted molar refractivity (Wildman–Crippen MR) is 141 cm³/mol. The zero-order valence-corrected chi connectivity index (χ0v) is 20.8. The number of amides is 1. The van der Waals surface area contributed by atoms with Gasteiger partial charge in [-0.3, -0.25) is 4.79 Å². The van der Waals surface area contributed by atoms with Gasteiger partial charge in [-0.15, -0.1) is 5.10 Å². The molecule has 0 saturated heterocycles. The number of hydrogen-bond donors (Lipinski definition) is 2. The first-order chi connectivity index (χ1) is 17.0. The standard InChI is InChI=1S/C28H27N5OS/c1-18-10-9-12-21(16-18)17-35-28-31-27-29-20(3)24(26(34)30-23-15-8-7-11-19(23)2)25(33(27)32-28)22-13-5-4-6-14-22/h4-16,25H,17H2,1-3H3,(H,30,34)(H,29,31,32)/t25-/m1/s1. The predicted octanol–water partition coefficient (Wildman–Crippen LogP) is 6.11. The van der Waals surface area contributed by atoms with Crippen LogP contribution in [0.4, 0.5) is 11.6 Å². The van der Waals surface area contributed by atoms with Crippen molar-refractivity contribution in [3.8, 4) is 0 Å². The highest BCUT2D eigenvalue weighted by atomic mass is 32.2. The van der Waals surface area contributed by atoms with Crippen molar-refractivity contribution in [1.29, 1.82) is 0 Å². The number of nitrogens with zero attached hydrogens (tertiary/aromatic N) is 3. The number of carbonyl (C=O) groups is 1. The lowest BCUT2D eigenvalue weighted by Crippen LogP contribution is -2.31. The summed E-state index contributed by atoms with van der Waals surface area (Å²) in [5.74, 6) is 1.25. The van der Waals surface area contributed by atoms with Crippen molar-refractivity contribution in [2.45, 2.75) is 37.7 Å². The largest absolute Gasteiger partial charge is 0.328 e. The molecule has 1 amide bonds. The van der Waals surface area contributed by atoms with Crippen LogP contribution in [0, 0.1) is 13.8 Å². The normalized spacial score (nSPS) is 14.9. The molecule has 35 heavy (non-hydrogen) atoms. The maximum absolute atomic E-state index is 13.6. The number of para-hydroxylation sites is 1. The topological polar surface area (TPSA) is 71.8 Å². The number of fused-ring (bicyclic) bond motifs is 1. The average molecular weight is 482 g/mol. The van der Waals surface area contributed by atoms with Gasteiger partial charge in [0.1, 0.15) is 6.04 Å². The van der Waals surface area contributed by atoms with E-state index in [4.69, 9.17) is 10.1 Å². The molecule has 2 heterocycles. The Morgan fingerprint density at radius 1 is 1.00 bits per heavy atom. The van der Waals surface area contributed by atoms with Crippen molar-refractivity contribution in [3.63, 3.8) is 0 Å². The molecule has 7 heteroatoms. The van der Waals surface area contributed by atoms with Gasteiger partial charge in [0.2, 0.25) is 11.1 Å². The average Bonchev–Trinajstić information content (AvgIpc) is 3.26. The molecule has 1 aliphatic rings. The summed E-state index contributed by atoms with van der Waals surface area (Å²) in [5, 5.41) is 11.9. The molecule has 5 rings (SSSR count). The molecule has 1 aliphatic heterocycles. The van der Waals surface area contributed by atoms with Crippen LogP contribution >= 0.6 is 11.8 Å². The van der Waals surface area contributed by atoms with Gasteiger partial charge in [-0.2, -0.15) is 4.98 Å². The number of aromatic nitrogens is 3. The number of rotatable bonds is 6. The lowest BCUT2D eigenvalue weighted by Gasteiger charge is -2.28. The van der Waals surface area contributed by atoms with E-state index < -0.39 is 6.04 Å². The number of aryl methyl sites for hydroxylation is 2. The molecule has 0 saturated carbocycles. The van der Waals surface area contributed by atoms with E-state index in [2.05, 4.69) is 41.8 Å². The lowest BCUT2D eigenvalue weighted by atomic mass is 9.95. The minimum atomic E-state index is -0.391.